The van der Waals surface area contributed by atoms with Crippen LogP contribution in [0.25, 0.3) is 0 Å². The van der Waals surface area contributed by atoms with Crippen molar-refractivity contribution in [2.24, 2.45) is 0 Å². The van der Waals surface area contributed by atoms with Gasteiger partial charge in [0.25, 0.3) is 0 Å². The molecule has 56 valence electrons. The first-order chi connectivity index (χ1) is 5.27. The largest absolute Gasteiger partial charge is 0.496 e. The van der Waals surface area contributed by atoms with Gasteiger partial charge in [0.2, 0.25) is 0 Å². The Balaban J connectivity index is 3.15. The zero-order valence-corrected chi connectivity index (χ0v) is 7.68. The van der Waals surface area contributed by atoms with Gasteiger partial charge in [-0.3, -0.25) is 0 Å². The number of terminal acetylenes is 1. The summed E-state index contributed by atoms with van der Waals surface area (Å²) < 4.78 is 5.96. The highest BCUT2D eigenvalue weighted by molar-refractivity contribution is 9.10. The summed E-state index contributed by atoms with van der Waals surface area (Å²) in [6.07, 6.45) is 5.20. The van der Waals surface area contributed by atoms with Crippen LogP contribution in [0.2, 0.25) is 0 Å². The van der Waals surface area contributed by atoms with E-state index in [1.165, 1.54) is 0 Å². The molecule has 0 radical (unpaired) electrons. The van der Waals surface area contributed by atoms with Crippen LogP contribution in [0.5, 0.6) is 5.75 Å². The first-order valence-corrected chi connectivity index (χ1v) is 3.87. The number of rotatable bonds is 1. The lowest BCUT2D eigenvalue weighted by molar-refractivity contribution is 0.412. The summed E-state index contributed by atoms with van der Waals surface area (Å²) in [7, 11) is 1.61. The van der Waals surface area contributed by atoms with Gasteiger partial charge in [0.1, 0.15) is 5.75 Å². The predicted octanol–water partition coefficient (Wildman–Crippen LogP) is 2.44. The molecular formula is C9H7BrO. The monoisotopic (exact) mass is 210 g/mol. The van der Waals surface area contributed by atoms with Crippen molar-refractivity contribution in [2.45, 2.75) is 0 Å². The summed E-state index contributed by atoms with van der Waals surface area (Å²) in [6.45, 7) is 0. The van der Waals surface area contributed by atoms with Crippen molar-refractivity contribution in [2.75, 3.05) is 7.11 Å². The summed E-state index contributed by atoms with van der Waals surface area (Å²) >= 11 is 3.33. The minimum atomic E-state index is 0.764. The van der Waals surface area contributed by atoms with Crippen molar-refractivity contribution in [3.63, 3.8) is 0 Å². The number of hydrogen-bond acceptors (Lipinski definition) is 1. The summed E-state index contributed by atoms with van der Waals surface area (Å²) in [6, 6.07) is 5.53. The third kappa shape index (κ3) is 1.75. The van der Waals surface area contributed by atoms with Crippen molar-refractivity contribution in [3.8, 4) is 18.1 Å². The summed E-state index contributed by atoms with van der Waals surface area (Å²) in [5.74, 6) is 3.29. The van der Waals surface area contributed by atoms with Gasteiger partial charge < -0.3 is 4.74 Å². The molecule has 0 aliphatic heterocycles. The Hall–Kier alpha value is -0.940. The average Bonchev–Trinajstić information content (AvgIpc) is 2.05. The minimum absolute atomic E-state index is 0.764. The smallest absolute Gasteiger partial charge is 0.134 e. The molecule has 1 rings (SSSR count). The molecule has 0 unspecified atom stereocenters. The molecule has 0 fully saturated rings. The maximum Gasteiger partial charge on any atom is 0.134 e. The van der Waals surface area contributed by atoms with Crippen molar-refractivity contribution in [1.29, 1.82) is 0 Å². The highest BCUT2D eigenvalue weighted by atomic mass is 79.9. The van der Waals surface area contributed by atoms with E-state index < -0.39 is 0 Å². The number of ether oxygens (including phenoxy) is 1. The van der Waals surface area contributed by atoms with Crippen LogP contribution in [0.3, 0.4) is 0 Å². The Kier molecular flexibility index (Phi) is 2.56. The van der Waals surface area contributed by atoms with Crippen LogP contribution in [0.1, 0.15) is 5.56 Å². The third-order valence-electron chi connectivity index (χ3n) is 1.32. The molecule has 1 aromatic carbocycles. The molecule has 0 bridgehead atoms. The molecule has 0 aromatic heterocycles. The highest BCUT2D eigenvalue weighted by Gasteiger charge is 1.98. The second kappa shape index (κ2) is 3.45. The molecule has 0 saturated heterocycles. The van der Waals surface area contributed by atoms with E-state index in [1.807, 2.05) is 18.2 Å². The Morgan fingerprint density at radius 2 is 2.27 bits per heavy atom. The van der Waals surface area contributed by atoms with Gasteiger partial charge in [0, 0.05) is 5.56 Å². The van der Waals surface area contributed by atoms with Crippen LogP contribution in [-0.4, -0.2) is 7.11 Å². The third-order valence-corrected chi connectivity index (χ3v) is 1.97. The first kappa shape index (κ1) is 8.16. The van der Waals surface area contributed by atoms with E-state index in [1.54, 1.807) is 7.11 Å². The molecule has 1 nitrogen and oxygen atoms in total. The molecule has 0 heterocycles. The molecule has 0 aliphatic rings. The van der Waals surface area contributed by atoms with E-state index in [0.717, 1.165) is 15.8 Å². The van der Waals surface area contributed by atoms with Gasteiger partial charge in [-0.1, -0.05) is 5.92 Å². The number of methoxy groups -OCH3 is 1. The Bertz CT molecular complexity index is 299. The van der Waals surface area contributed by atoms with Crippen LogP contribution in [0, 0.1) is 12.3 Å². The fourth-order valence-corrected chi connectivity index (χ4v) is 1.16. The lowest BCUT2D eigenvalue weighted by atomic mass is 10.2. The van der Waals surface area contributed by atoms with E-state index in [2.05, 4.69) is 21.9 Å². The van der Waals surface area contributed by atoms with E-state index in [9.17, 15) is 0 Å². The van der Waals surface area contributed by atoms with Gasteiger partial charge in [-0.25, -0.2) is 0 Å². The quantitative estimate of drug-likeness (QED) is 0.648. The molecule has 0 amide bonds. The van der Waals surface area contributed by atoms with Crippen molar-refractivity contribution < 1.29 is 4.74 Å². The van der Waals surface area contributed by atoms with Crippen LogP contribution >= 0.6 is 15.9 Å². The van der Waals surface area contributed by atoms with Crippen LogP contribution in [0.15, 0.2) is 22.7 Å². The van der Waals surface area contributed by atoms with Gasteiger partial charge in [0.05, 0.1) is 11.6 Å². The summed E-state index contributed by atoms with van der Waals surface area (Å²) in [5.41, 5.74) is 0.824. The van der Waals surface area contributed by atoms with E-state index in [4.69, 9.17) is 11.2 Å². The molecular weight excluding hydrogens is 204 g/mol. The zero-order chi connectivity index (χ0) is 8.27. The maximum absolute atomic E-state index is 5.20. The van der Waals surface area contributed by atoms with Crippen LogP contribution in [0.4, 0.5) is 0 Å². The summed E-state index contributed by atoms with van der Waals surface area (Å²) in [5, 5.41) is 0. The molecule has 0 atom stereocenters. The Morgan fingerprint density at radius 1 is 1.55 bits per heavy atom. The Morgan fingerprint density at radius 3 is 2.82 bits per heavy atom. The maximum atomic E-state index is 5.20. The number of benzene rings is 1. The highest BCUT2D eigenvalue weighted by Crippen LogP contribution is 2.24. The predicted molar refractivity (Wildman–Crippen MR) is 48.6 cm³/mol. The standard InChI is InChI=1S/C9H7BrO/c1-3-7-4-5-8(10)9(6-7)11-2/h1,4-6H,2H3. The van der Waals surface area contributed by atoms with Crippen molar-refractivity contribution in [1.82, 2.24) is 0 Å². The molecule has 0 saturated carbocycles. The van der Waals surface area contributed by atoms with Crippen molar-refractivity contribution in [3.05, 3.63) is 28.2 Å². The van der Waals surface area contributed by atoms with E-state index in [-0.39, 0.29) is 0 Å². The molecule has 1 aromatic rings. The number of hydrogen-bond donors (Lipinski definition) is 0. The fourth-order valence-electron chi connectivity index (χ4n) is 0.750. The second-order valence-corrected chi connectivity index (χ2v) is 2.85. The topological polar surface area (TPSA) is 9.23 Å². The molecule has 0 aliphatic carbocycles. The molecule has 0 spiro atoms. The van der Waals surface area contributed by atoms with Gasteiger partial charge in [0.15, 0.2) is 0 Å². The lowest BCUT2D eigenvalue weighted by Gasteiger charge is -2.01. The number of halogens is 1. The van der Waals surface area contributed by atoms with Gasteiger partial charge >= 0.3 is 0 Å². The normalized spacial score (nSPS) is 8.82. The van der Waals surface area contributed by atoms with Gasteiger partial charge in [-0.2, -0.15) is 0 Å². The van der Waals surface area contributed by atoms with E-state index >= 15 is 0 Å². The van der Waals surface area contributed by atoms with E-state index in [0.29, 0.717) is 0 Å². The van der Waals surface area contributed by atoms with Gasteiger partial charge in [-0.15, -0.1) is 6.42 Å². The first-order valence-electron chi connectivity index (χ1n) is 3.08. The second-order valence-electron chi connectivity index (χ2n) is 1.99. The zero-order valence-electron chi connectivity index (χ0n) is 6.10. The van der Waals surface area contributed by atoms with Gasteiger partial charge in [-0.05, 0) is 34.1 Å². The average molecular weight is 211 g/mol. The molecule has 11 heavy (non-hydrogen) atoms. The SMILES string of the molecule is C#Cc1ccc(Br)c(OC)c1. The fraction of sp³-hybridized carbons (Fsp3) is 0.111. The van der Waals surface area contributed by atoms with Crippen LogP contribution < -0.4 is 4.74 Å². The van der Waals surface area contributed by atoms with Crippen molar-refractivity contribution >= 4 is 15.9 Å². The lowest BCUT2D eigenvalue weighted by Crippen LogP contribution is -1.84. The summed E-state index contributed by atoms with van der Waals surface area (Å²) in [4.78, 5) is 0. The minimum Gasteiger partial charge on any atom is -0.496 e. The Labute approximate surface area is 74.5 Å². The van der Waals surface area contributed by atoms with Crippen LogP contribution in [-0.2, 0) is 0 Å². The molecule has 2 heteroatoms. The molecule has 0 N–H and O–H groups in total.